The summed E-state index contributed by atoms with van der Waals surface area (Å²) in [7, 11) is 0. The van der Waals surface area contributed by atoms with Gasteiger partial charge in [-0.1, -0.05) is 11.6 Å². The topological polar surface area (TPSA) is 20.3 Å². The first kappa shape index (κ1) is 9.22. The minimum Gasteiger partial charge on any atom is -0.311 e. The van der Waals surface area contributed by atoms with E-state index in [0.29, 0.717) is 0 Å². The van der Waals surface area contributed by atoms with Crippen LogP contribution >= 0.6 is 11.6 Å². The lowest BCUT2D eigenvalue weighted by Gasteiger charge is -2.14. The standard InChI is InChI=1S/C12H12ClNO/c1-8(15)14-7-12(4-5-12)10-6-9(13)2-3-11(10)14/h2-3,6H,4-5,7H2,1H3. The molecule has 1 amide bonds. The first-order valence-corrected chi connectivity index (χ1v) is 5.58. The maximum absolute atomic E-state index is 11.5. The van der Waals surface area contributed by atoms with Gasteiger partial charge in [-0.3, -0.25) is 4.79 Å². The van der Waals surface area contributed by atoms with E-state index < -0.39 is 0 Å². The molecule has 3 heteroatoms. The van der Waals surface area contributed by atoms with Crippen molar-refractivity contribution < 1.29 is 4.79 Å². The summed E-state index contributed by atoms with van der Waals surface area (Å²) in [5.41, 5.74) is 2.57. The average Bonchev–Trinajstić information content (AvgIpc) is 2.87. The van der Waals surface area contributed by atoms with Crippen molar-refractivity contribution in [1.82, 2.24) is 0 Å². The lowest BCUT2D eigenvalue weighted by atomic mass is 9.99. The van der Waals surface area contributed by atoms with Crippen molar-refractivity contribution in [3.63, 3.8) is 0 Å². The van der Waals surface area contributed by atoms with E-state index >= 15 is 0 Å². The van der Waals surface area contributed by atoms with E-state index in [0.717, 1.165) is 17.3 Å². The molecule has 2 nitrogen and oxygen atoms in total. The number of benzene rings is 1. The van der Waals surface area contributed by atoms with Gasteiger partial charge in [0, 0.05) is 29.6 Å². The van der Waals surface area contributed by atoms with Gasteiger partial charge >= 0.3 is 0 Å². The molecular formula is C12H12ClNO. The van der Waals surface area contributed by atoms with Crippen LogP contribution < -0.4 is 4.90 Å². The number of anilines is 1. The summed E-state index contributed by atoms with van der Waals surface area (Å²) < 4.78 is 0. The zero-order chi connectivity index (χ0) is 10.6. The van der Waals surface area contributed by atoms with Gasteiger partial charge in [0.05, 0.1) is 0 Å². The first-order valence-electron chi connectivity index (χ1n) is 5.21. The van der Waals surface area contributed by atoms with Crippen molar-refractivity contribution in [3.8, 4) is 0 Å². The molecule has 1 aliphatic carbocycles. The van der Waals surface area contributed by atoms with E-state index in [1.807, 2.05) is 23.1 Å². The SMILES string of the molecule is CC(=O)N1CC2(CC2)c2cc(Cl)ccc21. The molecule has 1 heterocycles. The molecule has 0 saturated heterocycles. The van der Waals surface area contributed by atoms with Gasteiger partial charge in [-0.25, -0.2) is 0 Å². The Morgan fingerprint density at radius 2 is 2.20 bits per heavy atom. The summed E-state index contributed by atoms with van der Waals surface area (Å²) in [4.78, 5) is 13.4. The van der Waals surface area contributed by atoms with Crippen LogP contribution in [-0.4, -0.2) is 12.5 Å². The number of halogens is 1. The molecule has 1 saturated carbocycles. The van der Waals surface area contributed by atoms with Gasteiger partial charge in [0.15, 0.2) is 0 Å². The molecule has 0 unspecified atom stereocenters. The lowest BCUT2D eigenvalue weighted by Crippen LogP contribution is -2.28. The van der Waals surface area contributed by atoms with Crippen molar-refractivity contribution >= 4 is 23.2 Å². The van der Waals surface area contributed by atoms with Gasteiger partial charge in [0.25, 0.3) is 0 Å². The molecular weight excluding hydrogens is 210 g/mol. The molecule has 0 atom stereocenters. The molecule has 0 radical (unpaired) electrons. The molecule has 1 fully saturated rings. The lowest BCUT2D eigenvalue weighted by molar-refractivity contribution is -0.116. The van der Waals surface area contributed by atoms with Crippen LogP contribution in [0.3, 0.4) is 0 Å². The average molecular weight is 222 g/mol. The molecule has 0 bridgehead atoms. The van der Waals surface area contributed by atoms with Crippen molar-refractivity contribution in [2.24, 2.45) is 0 Å². The Kier molecular flexibility index (Phi) is 1.70. The molecule has 1 aromatic rings. The molecule has 15 heavy (non-hydrogen) atoms. The Balaban J connectivity index is 2.15. The third-order valence-electron chi connectivity index (χ3n) is 3.52. The van der Waals surface area contributed by atoms with E-state index in [1.165, 1.54) is 18.4 Å². The maximum atomic E-state index is 11.5. The van der Waals surface area contributed by atoms with Crippen molar-refractivity contribution in [2.75, 3.05) is 11.4 Å². The molecule has 3 rings (SSSR count). The van der Waals surface area contributed by atoms with Crippen LogP contribution in [0.2, 0.25) is 5.02 Å². The second-order valence-electron chi connectivity index (χ2n) is 4.55. The summed E-state index contributed by atoms with van der Waals surface area (Å²) in [5, 5.41) is 0.769. The molecule has 0 aromatic heterocycles. The normalized spacial score (nSPS) is 20.5. The Morgan fingerprint density at radius 3 is 2.80 bits per heavy atom. The number of amides is 1. The number of hydrogen-bond acceptors (Lipinski definition) is 1. The Morgan fingerprint density at radius 1 is 1.47 bits per heavy atom. The smallest absolute Gasteiger partial charge is 0.223 e. The number of nitrogens with zero attached hydrogens (tertiary/aromatic N) is 1. The highest BCUT2D eigenvalue weighted by Gasteiger charge is 2.52. The van der Waals surface area contributed by atoms with Crippen LogP contribution in [0.5, 0.6) is 0 Å². The van der Waals surface area contributed by atoms with Gasteiger partial charge in [0.1, 0.15) is 0 Å². The van der Waals surface area contributed by atoms with E-state index in [1.54, 1.807) is 6.92 Å². The minimum atomic E-state index is 0.127. The van der Waals surface area contributed by atoms with E-state index in [4.69, 9.17) is 11.6 Å². The van der Waals surface area contributed by atoms with Crippen LogP contribution in [0.15, 0.2) is 18.2 Å². The van der Waals surface area contributed by atoms with Crippen molar-refractivity contribution in [1.29, 1.82) is 0 Å². The largest absolute Gasteiger partial charge is 0.311 e. The first-order chi connectivity index (χ1) is 7.12. The van der Waals surface area contributed by atoms with E-state index in [-0.39, 0.29) is 11.3 Å². The molecule has 1 aromatic carbocycles. The highest BCUT2D eigenvalue weighted by atomic mass is 35.5. The Hall–Kier alpha value is -1.02. The summed E-state index contributed by atoms with van der Waals surface area (Å²) in [6.07, 6.45) is 2.37. The van der Waals surface area contributed by atoms with Gasteiger partial charge in [0.2, 0.25) is 5.91 Å². The monoisotopic (exact) mass is 221 g/mol. The molecule has 2 aliphatic rings. The minimum absolute atomic E-state index is 0.127. The predicted octanol–water partition coefficient (Wildman–Crippen LogP) is 2.74. The van der Waals surface area contributed by atoms with Crippen LogP contribution in [0, 0.1) is 0 Å². The highest BCUT2D eigenvalue weighted by Crippen LogP contribution is 2.56. The third-order valence-corrected chi connectivity index (χ3v) is 3.75. The molecule has 78 valence electrons. The fraction of sp³-hybridized carbons (Fsp3) is 0.417. The number of rotatable bonds is 0. The molecule has 0 N–H and O–H groups in total. The van der Waals surface area contributed by atoms with E-state index in [9.17, 15) is 4.79 Å². The Bertz CT molecular complexity index is 451. The van der Waals surface area contributed by atoms with E-state index in [2.05, 4.69) is 0 Å². The summed E-state index contributed by atoms with van der Waals surface area (Å²) in [6.45, 7) is 2.47. The number of carbonyl (C=O) groups excluding carboxylic acids is 1. The molecule has 1 spiro atoms. The Labute approximate surface area is 93.8 Å². The highest BCUT2D eigenvalue weighted by molar-refractivity contribution is 6.30. The third kappa shape index (κ3) is 1.21. The number of hydrogen-bond donors (Lipinski definition) is 0. The predicted molar refractivity (Wildman–Crippen MR) is 60.4 cm³/mol. The zero-order valence-electron chi connectivity index (χ0n) is 8.59. The van der Waals surface area contributed by atoms with Crippen LogP contribution in [-0.2, 0) is 10.2 Å². The quantitative estimate of drug-likeness (QED) is 0.660. The number of carbonyl (C=O) groups is 1. The van der Waals surface area contributed by atoms with Gasteiger partial charge < -0.3 is 4.90 Å². The molecule has 1 aliphatic heterocycles. The summed E-state index contributed by atoms with van der Waals surface area (Å²) >= 11 is 6.00. The fourth-order valence-electron chi connectivity index (χ4n) is 2.50. The van der Waals surface area contributed by atoms with Crippen LogP contribution in [0.25, 0.3) is 0 Å². The van der Waals surface area contributed by atoms with Crippen LogP contribution in [0.1, 0.15) is 25.3 Å². The van der Waals surface area contributed by atoms with Crippen molar-refractivity contribution in [2.45, 2.75) is 25.2 Å². The zero-order valence-corrected chi connectivity index (χ0v) is 9.34. The van der Waals surface area contributed by atoms with Gasteiger partial charge in [-0.05, 0) is 36.6 Å². The van der Waals surface area contributed by atoms with Gasteiger partial charge in [-0.2, -0.15) is 0 Å². The maximum Gasteiger partial charge on any atom is 0.223 e. The van der Waals surface area contributed by atoms with Crippen molar-refractivity contribution in [3.05, 3.63) is 28.8 Å². The summed E-state index contributed by atoms with van der Waals surface area (Å²) in [6, 6.07) is 5.84. The van der Waals surface area contributed by atoms with Crippen LogP contribution in [0.4, 0.5) is 5.69 Å². The fourth-order valence-corrected chi connectivity index (χ4v) is 2.67. The number of fused-ring (bicyclic) bond motifs is 2. The second-order valence-corrected chi connectivity index (χ2v) is 4.98. The second kappa shape index (κ2) is 2.76. The summed E-state index contributed by atoms with van der Waals surface area (Å²) in [5.74, 6) is 0.127. The van der Waals surface area contributed by atoms with Gasteiger partial charge in [-0.15, -0.1) is 0 Å².